The minimum atomic E-state index is 0.304. The fourth-order valence-electron chi connectivity index (χ4n) is 1.64. The molecule has 0 heterocycles. The van der Waals surface area contributed by atoms with Crippen molar-refractivity contribution >= 4 is 0 Å². The third-order valence-electron chi connectivity index (χ3n) is 2.50. The van der Waals surface area contributed by atoms with Gasteiger partial charge in [-0.1, -0.05) is 0 Å². The Morgan fingerprint density at radius 1 is 1.15 bits per heavy atom. The van der Waals surface area contributed by atoms with Crippen LogP contribution in [0, 0.1) is 0 Å². The number of aliphatic hydroxyl groups is 1. The molecule has 0 spiro atoms. The Bertz CT molecular complexity index is 135. The van der Waals surface area contributed by atoms with Crippen LogP contribution < -0.4 is 0 Å². The summed E-state index contributed by atoms with van der Waals surface area (Å²) in [7, 11) is 4.21. The first kappa shape index (κ1) is 11.0. The highest BCUT2D eigenvalue weighted by molar-refractivity contribution is 4.84. The number of aliphatic hydroxyl groups excluding tert-OH is 1. The van der Waals surface area contributed by atoms with Gasteiger partial charge >= 0.3 is 0 Å². The van der Waals surface area contributed by atoms with E-state index < -0.39 is 0 Å². The van der Waals surface area contributed by atoms with Crippen molar-refractivity contribution in [3.63, 3.8) is 0 Å². The maximum absolute atomic E-state index is 8.87. The first-order valence-corrected chi connectivity index (χ1v) is 5.23. The standard InChI is InChI=1S/C10H22N2O/c1-11(2)6-3-7-12(8-9-13)10-4-5-10/h10,13H,3-9H2,1-2H3. The summed E-state index contributed by atoms with van der Waals surface area (Å²) in [6.07, 6.45) is 3.88. The number of nitrogens with zero attached hydrogens (tertiary/aromatic N) is 2. The predicted octanol–water partition coefficient (Wildman–Crippen LogP) is 0.395. The molecule has 78 valence electrons. The first-order chi connectivity index (χ1) is 6.24. The third kappa shape index (κ3) is 4.60. The van der Waals surface area contributed by atoms with Crippen LogP contribution in [0.2, 0.25) is 0 Å². The fraction of sp³-hybridized carbons (Fsp3) is 1.00. The Morgan fingerprint density at radius 3 is 2.31 bits per heavy atom. The van der Waals surface area contributed by atoms with E-state index in [1.54, 1.807) is 0 Å². The molecule has 0 atom stereocenters. The van der Waals surface area contributed by atoms with Gasteiger partial charge in [0.05, 0.1) is 6.61 Å². The normalized spacial score (nSPS) is 17.3. The molecule has 3 heteroatoms. The second-order valence-corrected chi connectivity index (χ2v) is 4.15. The van der Waals surface area contributed by atoms with E-state index in [4.69, 9.17) is 5.11 Å². The fourth-order valence-corrected chi connectivity index (χ4v) is 1.64. The van der Waals surface area contributed by atoms with Gasteiger partial charge in [0.15, 0.2) is 0 Å². The average molecular weight is 186 g/mol. The molecule has 3 nitrogen and oxygen atoms in total. The first-order valence-electron chi connectivity index (χ1n) is 5.23. The van der Waals surface area contributed by atoms with E-state index in [1.165, 1.54) is 19.3 Å². The SMILES string of the molecule is CN(C)CCCN(CCO)C1CC1. The van der Waals surface area contributed by atoms with Crippen LogP contribution >= 0.6 is 0 Å². The van der Waals surface area contributed by atoms with Gasteiger partial charge in [-0.05, 0) is 46.4 Å². The van der Waals surface area contributed by atoms with Crippen LogP contribution in [0.25, 0.3) is 0 Å². The Hall–Kier alpha value is -0.120. The quantitative estimate of drug-likeness (QED) is 0.623. The van der Waals surface area contributed by atoms with Crippen molar-refractivity contribution in [2.75, 3.05) is 40.3 Å². The molecule has 1 aliphatic rings. The van der Waals surface area contributed by atoms with Gasteiger partial charge in [-0.25, -0.2) is 0 Å². The lowest BCUT2D eigenvalue weighted by Gasteiger charge is -2.21. The van der Waals surface area contributed by atoms with Crippen molar-refractivity contribution in [1.82, 2.24) is 9.80 Å². The molecule has 0 aromatic heterocycles. The maximum Gasteiger partial charge on any atom is 0.0558 e. The van der Waals surface area contributed by atoms with Crippen molar-refractivity contribution in [2.24, 2.45) is 0 Å². The molecule has 13 heavy (non-hydrogen) atoms. The summed E-state index contributed by atoms with van der Waals surface area (Å²) in [6.45, 7) is 3.45. The molecule has 0 aliphatic heterocycles. The maximum atomic E-state index is 8.87. The Labute approximate surface area is 81.3 Å². The van der Waals surface area contributed by atoms with Gasteiger partial charge in [0.2, 0.25) is 0 Å². The van der Waals surface area contributed by atoms with Crippen LogP contribution in [0.3, 0.4) is 0 Å². The van der Waals surface area contributed by atoms with Crippen LogP contribution in [-0.4, -0.2) is 61.3 Å². The molecule has 0 unspecified atom stereocenters. The van der Waals surface area contributed by atoms with Crippen molar-refractivity contribution in [2.45, 2.75) is 25.3 Å². The second kappa shape index (κ2) is 5.58. The highest BCUT2D eigenvalue weighted by Crippen LogP contribution is 2.26. The van der Waals surface area contributed by atoms with E-state index >= 15 is 0 Å². The van der Waals surface area contributed by atoms with Gasteiger partial charge in [-0.2, -0.15) is 0 Å². The summed E-state index contributed by atoms with van der Waals surface area (Å²) in [5.41, 5.74) is 0. The lowest BCUT2D eigenvalue weighted by molar-refractivity contribution is 0.183. The van der Waals surface area contributed by atoms with Gasteiger partial charge in [0.1, 0.15) is 0 Å². The summed E-state index contributed by atoms with van der Waals surface area (Å²) in [6, 6.07) is 0.786. The van der Waals surface area contributed by atoms with Crippen LogP contribution in [0.15, 0.2) is 0 Å². The number of hydrogen-bond acceptors (Lipinski definition) is 3. The van der Waals surface area contributed by atoms with Gasteiger partial charge in [0, 0.05) is 12.6 Å². The molecule has 1 fully saturated rings. The summed E-state index contributed by atoms with van der Waals surface area (Å²) in [5, 5.41) is 8.87. The molecule has 1 N–H and O–H groups in total. The van der Waals surface area contributed by atoms with Gasteiger partial charge < -0.3 is 10.0 Å². The Kier molecular flexibility index (Phi) is 4.70. The minimum absolute atomic E-state index is 0.304. The molecular weight excluding hydrogens is 164 g/mol. The van der Waals surface area contributed by atoms with E-state index in [2.05, 4.69) is 23.9 Å². The number of hydrogen-bond donors (Lipinski definition) is 1. The zero-order valence-electron chi connectivity index (χ0n) is 8.87. The zero-order chi connectivity index (χ0) is 9.68. The molecule has 0 radical (unpaired) electrons. The molecule has 0 aromatic rings. The van der Waals surface area contributed by atoms with Gasteiger partial charge in [-0.15, -0.1) is 0 Å². The van der Waals surface area contributed by atoms with Crippen LogP contribution in [-0.2, 0) is 0 Å². The molecule has 1 saturated carbocycles. The van der Waals surface area contributed by atoms with E-state index in [0.717, 1.165) is 25.7 Å². The molecule has 0 amide bonds. The highest BCUT2D eigenvalue weighted by atomic mass is 16.3. The third-order valence-corrected chi connectivity index (χ3v) is 2.50. The van der Waals surface area contributed by atoms with Crippen LogP contribution in [0.1, 0.15) is 19.3 Å². The summed E-state index contributed by atoms with van der Waals surface area (Å²) < 4.78 is 0. The van der Waals surface area contributed by atoms with Crippen molar-refractivity contribution in [3.8, 4) is 0 Å². The molecule has 1 rings (SSSR count). The Morgan fingerprint density at radius 2 is 1.85 bits per heavy atom. The van der Waals surface area contributed by atoms with Crippen molar-refractivity contribution in [1.29, 1.82) is 0 Å². The zero-order valence-corrected chi connectivity index (χ0v) is 8.87. The van der Waals surface area contributed by atoms with E-state index in [1.807, 2.05) is 0 Å². The lowest BCUT2D eigenvalue weighted by atomic mass is 10.3. The Balaban J connectivity index is 2.07. The average Bonchev–Trinajstić information content (AvgIpc) is 2.84. The minimum Gasteiger partial charge on any atom is -0.395 e. The topological polar surface area (TPSA) is 26.7 Å². The monoisotopic (exact) mass is 186 g/mol. The largest absolute Gasteiger partial charge is 0.395 e. The summed E-state index contributed by atoms with van der Waals surface area (Å²) in [4.78, 5) is 4.63. The van der Waals surface area contributed by atoms with Crippen LogP contribution in [0.4, 0.5) is 0 Å². The van der Waals surface area contributed by atoms with Gasteiger partial charge in [-0.3, -0.25) is 4.90 Å². The van der Waals surface area contributed by atoms with E-state index in [9.17, 15) is 0 Å². The van der Waals surface area contributed by atoms with E-state index in [0.29, 0.717) is 6.61 Å². The van der Waals surface area contributed by atoms with Gasteiger partial charge in [0.25, 0.3) is 0 Å². The summed E-state index contributed by atoms with van der Waals surface area (Å²) in [5.74, 6) is 0. The molecular formula is C10H22N2O. The molecule has 0 saturated heterocycles. The lowest BCUT2D eigenvalue weighted by Crippen LogP contribution is -2.31. The highest BCUT2D eigenvalue weighted by Gasteiger charge is 2.27. The molecule has 1 aliphatic carbocycles. The molecule has 0 aromatic carbocycles. The predicted molar refractivity (Wildman–Crippen MR) is 54.9 cm³/mol. The molecule has 0 bridgehead atoms. The smallest absolute Gasteiger partial charge is 0.0558 e. The van der Waals surface area contributed by atoms with Crippen molar-refractivity contribution in [3.05, 3.63) is 0 Å². The van der Waals surface area contributed by atoms with Crippen LogP contribution in [0.5, 0.6) is 0 Å². The summed E-state index contributed by atoms with van der Waals surface area (Å²) >= 11 is 0. The second-order valence-electron chi connectivity index (χ2n) is 4.15. The number of rotatable bonds is 7. The van der Waals surface area contributed by atoms with E-state index in [-0.39, 0.29) is 0 Å². The van der Waals surface area contributed by atoms with Crippen molar-refractivity contribution < 1.29 is 5.11 Å².